The third-order valence-corrected chi connectivity index (χ3v) is 4.12. The molecule has 0 aromatic heterocycles. The molecule has 6 heteroatoms. The van der Waals surface area contributed by atoms with E-state index in [1.165, 1.54) is 6.07 Å². The van der Waals surface area contributed by atoms with Crippen molar-refractivity contribution < 1.29 is 9.18 Å². The zero-order valence-corrected chi connectivity index (χ0v) is 12.7. The van der Waals surface area contributed by atoms with Crippen LogP contribution in [0, 0.1) is 11.7 Å². The van der Waals surface area contributed by atoms with Gasteiger partial charge in [-0.2, -0.15) is 0 Å². The molecule has 1 saturated heterocycles. The third-order valence-electron chi connectivity index (χ3n) is 3.76. The maximum Gasteiger partial charge on any atom is 0.224 e. The Labute approximate surface area is 129 Å². The lowest BCUT2D eigenvalue weighted by Crippen LogP contribution is -2.43. The molecule has 4 nitrogen and oxygen atoms in total. The molecule has 1 amide bonds. The third kappa shape index (κ3) is 4.40. The Balaban J connectivity index is 1.96. The molecule has 21 heavy (non-hydrogen) atoms. The van der Waals surface area contributed by atoms with Crippen LogP contribution in [0.4, 0.5) is 4.39 Å². The molecule has 1 unspecified atom stereocenters. The maximum atomic E-state index is 13.8. The highest BCUT2D eigenvalue weighted by molar-refractivity contribution is 6.31. The smallest absolute Gasteiger partial charge is 0.224 e. The summed E-state index contributed by atoms with van der Waals surface area (Å²) in [7, 11) is 0. The highest BCUT2D eigenvalue weighted by atomic mass is 35.5. The Bertz CT molecular complexity index is 478. The van der Waals surface area contributed by atoms with E-state index in [1.54, 1.807) is 12.1 Å². The molecule has 1 atom stereocenters. The Hall–Kier alpha value is -1.17. The molecule has 0 saturated carbocycles. The fraction of sp³-hybridized carbons (Fsp3) is 0.533. The second-order valence-corrected chi connectivity index (χ2v) is 5.76. The molecule has 0 spiro atoms. The number of nitrogens with one attached hydrogen (secondary N) is 1. The molecule has 1 fully saturated rings. The topological polar surface area (TPSA) is 58.4 Å². The van der Waals surface area contributed by atoms with Crippen LogP contribution >= 0.6 is 11.6 Å². The zero-order valence-electron chi connectivity index (χ0n) is 11.9. The van der Waals surface area contributed by atoms with Gasteiger partial charge < -0.3 is 11.1 Å². The van der Waals surface area contributed by atoms with Gasteiger partial charge in [-0.15, -0.1) is 0 Å². The predicted molar refractivity (Wildman–Crippen MR) is 81.5 cm³/mol. The number of carbonyl (C=O) groups excluding carboxylic acids is 1. The predicted octanol–water partition coefficient (Wildman–Crippen LogP) is 1.77. The molecule has 1 aliphatic rings. The van der Waals surface area contributed by atoms with Gasteiger partial charge in [-0.3, -0.25) is 9.69 Å². The number of piperidine rings is 1. The fourth-order valence-corrected chi connectivity index (χ4v) is 2.88. The molecular formula is C15H21ClFN3O. The van der Waals surface area contributed by atoms with Gasteiger partial charge in [0.15, 0.2) is 0 Å². The van der Waals surface area contributed by atoms with E-state index in [-0.39, 0.29) is 17.6 Å². The average molecular weight is 314 g/mol. The van der Waals surface area contributed by atoms with Crippen molar-refractivity contribution >= 4 is 17.5 Å². The first-order valence-electron chi connectivity index (χ1n) is 7.25. The SMILES string of the molecule is NCCNC(=O)C1CCCN(Cc2c(F)cccc2Cl)C1. The number of amides is 1. The molecular weight excluding hydrogens is 293 g/mol. The fourth-order valence-electron chi connectivity index (χ4n) is 2.66. The summed E-state index contributed by atoms with van der Waals surface area (Å²) in [6.45, 7) is 2.85. The van der Waals surface area contributed by atoms with E-state index in [1.807, 2.05) is 0 Å². The van der Waals surface area contributed by atoms with Crippen LogP contribution in [0.15, 0.2) is 18.2 Å². The molecule has 1 aromatic rings. The van der Waals surface area contributed by atoms with Crippen LogP contribution in [0.1, 0.15) is 18.4 Å². The summed E-state index contributed by atoms with van der Waals surface area (Å²) in [6.07, 6.45) is 1.78. The van der Waals surface area contributed by atoms with E-state index < -0.39 is 0 Å². The average Bonchev–Trinajstić information content (AvgIpc) is 2.49. The zero-order chi connectivity index (χ0) is 15.2. The Morgan fingerprint density at radius 3 is 3.05 bits per heavy atom. The minimum absolute atomic E-state index is 0.0322. The molecule has 3 N–H and O–H groups in total. The minimum atomic E-state index is -0.294. The number of likely N-dealkylation sites (tertiary alicyclic amines) is 1. The highest BCUT2D eigenvalue weighted by Gasteiger charge is 2.26. The van der Waals surface area contributed by atoms with Gasteiger partial charge in [-0.05, 0) is 31.5 Å². The summed E-state index contributed by atoms with van der Waals surface area (Å²) in [4.78, 5) is 14.1. The van der Waals surface area contributed by atoms with Crippen molar-refractivity contribution in [2.24, 2.45) is 11.7 Å². The molecule has 1 aliphatic heterocycles. The molecule has 0 aliphatic carbocycles. The lowest BCUT2D eigenvalue weighted by molar-refractivity contribution is -0.126. The van der Waals surface area contributed by atoms with Crippen molar-refractivity contribution in [3.63, 3.8) is 0 Å². The number of hydrogen-bond acceptors (Lipinski definition) is 3. The van der Waals surface area contributed by atoms with Crippen LogP contribution in [0.2, 0.25) is 5.02 Å². The van der Waals surface area contributed by atoms with E-state index in [2.05, 4.69) is 10.2 Å². The Morgan fingerprint density at radius 1 is 1.52 bits per heavy atom. The van der Waals surface area contributed by atoms with Crippen molar-refractivity contribution in [3.05, 3.63) is 34.6 Å². The molecule has 116 valence electrons. The van der Waals surface area contributed by atoms with Crippen molar-refractivity contribution in [2.75, 3.05) is 26.2 Å². The largest absolute Gasteiger partial charge is 0.355 e. The summed E-state index contributed by atoms with van der Waals surface area (Å²) in [5.41, 5.74) is 5.89. The van der Waals surface area contributed by atoms with E-state index in [0.717, 1.165) is 19.4 Å². The second kappa shape index (κ2) is 7.73. The quantitative estimate of drug-likeness (QED) is 0.871. The summed E-state index contributed by atoms with van der Waals surface area (Å²) >= 11 is 6.06. The number of carbonyl (C=O) groups is 1. The Kier molecular flexibility index (Phi) is 5.96. The van der Waals surface area contributed by atoms with Gasteiger partial charge in [-0.25, -0.2) is 4.39 Å². The van der Waals surface area contributed by atoms with Crippen LogP contribution in [-0.4, -0.2) is 37.0 Å². The number of hydrogen-bond donors (Lipinski definition) is 2. The normalized spacial score (nSPS) is 19.5. The number of benzene rings is 1. The van der Waals surface area contributed by atoms with Gasteiger partial charge in [0, 0.05) is 36.8 Å². The van der Waals surface area contributed by atoms with Gasteiger partial charge in [0.1, 0.15) is 5.82 Å². The van der Waals surface area contributed by atoms with Crippen LogP contribution in [0.5, 0.6) is 0 Å². The minimum Gasteiger partial charge on any atom is -0.355 e. The van der Waals surface area contributed by atoms with Crippen LogP contribution in [0.3, 0.4) is 0 Å². The first kappa shape index (κ1) is 16.2. The van der Waals surface area contributed by atoms with Crippen LogP contribution in [0.25, 0.3) is 0 Å². The molecule has 1 aromatic carbocycles. The lowest BCUT2D eigenvalue weighted by Gasteiger charge is -2.32. The highest BCUT2D eigenvalue weighted by Crippen LogP contribution is 2.24. The van der Waals surface area contributed by atoms with Crippen molar-refractivity contribution in [3.8, 4) is 0 Å². The van der Waals surface area contributed by atoms with E-state index in [9.17, 15) is 9.18 Å². The van der Waals surface area contributed by atoms with Gasteiger partial charge in [0.25, 0.3) is 0 Å². The summed E-state index contributed by atoms with van der Waals surface area (Å²) in [5.74, 6) is -0.321. The standard InChI is InChI=1S/C15H21ClFN3O/c16-13-4-1-5-14(17)12(13)10-20-8-2-3-11(9-20)15(21)19-7-6-18/h1,4-5,11H,2-3,6-10,18H2,(H,19,21). The van der Waals surface area contributed by atoms with Crippen molar-refractivity contribution in [1.82, 2.24) is 10.2 Å². The van der Waals surface area contributed by atoms with E-state index in [4.69, 9.17) is 17.3 Å². The van der Waals surface area contributed by atoms with Crippen LogP contribution < -0.4 is 11.1 Å². The van der Waals surface area contributed by atoms with E-state index >= 15 is 0 Å². The monoisotopic (exact) mass is 313 g/mol. The summed E-state index contributed by atoms with van der Waals surface area (Å²) in [5, 5.41) is 3.25. The number of nitrogens with two attached hydrogens (primary N) is 1. The lowest BCUT2D eigenvalue weighted by atomic mass is 9.96. The number of nitrogens with zero attached hydrogens (tertiary/aromatic N) is 1. The Morgan fingerprint density at radius 2 is 2.33 bits per heavy atom. The van der Waals surface area contributed by atoms with Crippen LogP contribution in [-0.2, 0) is 11.3 Å². The van der Waals surface area contributed by atoms with Gasteiger partial charge in [0.2, 0.25) is 5.91 Å². The maximum absolute atomic E-state index is 13.8. The molecule has 2 rings (SSSR count). The van der Waals surface area contributed by atoms with Gasteiger partial charge >= 0.3 is 0 Å². The van der Waals surface area contributed by atoms with Gasteiger partial charge in [0.05, 0.1) is 5.92 Å². The van der Waals surface area contributed by atoms with Crippen molar-refractivity contribution in [2.45, 2.75) is 19.4 Å². The first-order valence-corrected chi connectivity index (χ1v) is 7.62. The molecule has 0 bridgehead atoms. The second-order valence-electron chi connectivity index (χ2n) is 5.35. The molecule has 1 heterocycles. The number of halogens is 2. The number of rotatable bonds is 5. The summed E-state index contributed by atoms with van der Waals surface area (Å²) < 4.78 is 13.8. The molecule has 0 radical (unpaired) electrons. The first-order chi connectivity index (χ1) is 10.1. The van der Waals surface area contributed by atoms with Gasteiger partial charge in [-0.1, -0.05) is 17.7 Å². The summed E-state index contributed by atoms with van der Waals surface area (Å²) in [6, 6.07) is 4.70. The van der Waals surface area contributed by atoms with E-state index in [0.29, 0.717) is 36.8 Å². The van der Waals surface area contributed by atoms with Crippen molar-refractivity contribution in [1.29, 1.82) is 0 Å².